The Balaban J connectivity index is 3.47. The van der Waals surface area contributed by atoms with Crippen molar-refractivity contribution >= 4 is 17.9 Å². The van der Waals surface area contributed by atoms with Gasteiger partial charge in [-0.15, -0.1) is 0 Å². The molecule has 1 aromatic heterocycles. The van der Waals surface area contributed by atoms with E-state index in [9.17, 15) is 26.7 Å². The van der Waals surface area contributed by atoms with Gasteiger partial charge in [0.05, 0.1) is 5.02 Å². The summed E-state index contributed by atoms with van der Waals surface area (Å²) in [5.41, 5.74) is -3.73. The van der Waals surface area contributed by atoms with E-state index in [4.69, 9.17) is 11.6 Å². The van der Waals surface area contributed by atoms with Crippen LogP contribution < -0.4 is 0 Å². The maximum Gasteiger partial charge on any atom is 0.434 e. The van der Waals surface area contributed by atoms with Crippen LogP contribution in [-0.2, 0) is 6.18 Å². The number of aldehydes is 1. The van der Waals surface area contributed by atoms with Gasteiger partial charge in [-0.3, -0.25) is 4.79 Å². The molecule has 0 fully saturated rings. The summed E-state index contributed by atoms with van der Waals surface area (Å²) >= 11 is 5.26. The predicted octanol–water partition coefficient (Wildman–Crippen LogP) is 3.50. The highest BCUT2D eigenvalue weighted by Crippen LogP contribution is 2.34. The van der Waals surface area contributed by atoms with Gasteiger partial charge in [0, 0.05) is 5.56 Å². The number of pyridine rings is 1. The first kappa shape index (κ1) is 12.8. The van der Waals surface area contributed by atoms with Crippen LogP contribution in [-0.4, -0.2) is 11.3 Å². The molecule has 0 aliphatic heterocycles. The molecule has 0 spiro atoms. The first-order valence-electron chi connectivity index (χ1n) is 3.78. The monoisotopic (exact) mass is 259 g/mol. The lowest BCUT2D eigenvalue weighted by molar-refractivity contribution is -0.141. The van der Waals surface area contributed by atoms with Gasteiger partial charge in [0.25, 0.3) is 6.43 Å². The van der Waals surface area contributed by atoms with E-state index in [2.05, 4.69) is 4.98 Å². The van der Waals surface area contributed by atoms with Gasteiger partial charge in [0.1, 0.15) is 5.69 Å². The van der Waals surface area contributed by atoms with Crippen molar-refractivity contribution in [1.82, 2.24) is 4.98 Å². The van der Waals surface area contributed by atoms with Gasteiger partial charge < -0.3 is 0 Å². The summed E-state index contributed by atoms with van der Waals surface area (Å²) in [5, 5.41) is -0.676. The number of carbonyl (C=O) groups is 1. The van der Waals surface area contributed by atoms with Gasteiger partial charge in [0.2, 0.25) is 0 Å². The van der Waals surface area contributed by atoms with E-state index in [-0.39, 0.29) is 6.29 Å². The number of carbonyl (C=O) groups excluding carboxylic acids is 1. The van der Waals surface area contributed by atoms with Crippen LogP contribution in [0.25, 0.3) is 0 Å². The standard InChI is InChI=1S/C8H3ClF5NO/c9-4-1-3(2-16)6(8(12,13)14)15-5(4)7(10)11/h1-2,7H. The molecule has 0 atom stereocenters. The second-order valence-electron chi connectivity index (χ2n) is 2.71. The average Bonchev–Trinajstić information content (AvgIpc) is 2.14. The summed E-state index contributed by atoms with van der Waals surface area (Å²) in [7, 11) is 0. The van der Waals surface area contributed by atoms with Crippen molar-refractivity contribution in [2.24, 2.45) is 0 Å². The lowest BCUT2D eigenvalue weighted by Crippen LogP contribution is -2.14. The Morgan fingerprint density at radius 1 is 1.38 bits per heavy atom. The molecule has 1 aromatic rings. The molecule has 8 heteroatoms. The molecule has 0 N–H and O–H groups in total. The average molecular weight is 260 g/mol. The van der Waals surface area contributed by atoms with Crippen LogP contribution in [0.5, 0.6) is 0 Å². The number of aromatic nitrogens is 1. The molecule has 0 aliphatic rings. The maximum atomic E-state index is 12.3. The number of hydrogen-bond acceptors (Lipinski definition) is 2. The molecule has 2 nitrogen and oxygen atoms in total. The lowest BCUT2D eigenvalue weighted by Gasteiger charge is -2.11. The highest BCUT2D eigenvalue weighted by atomic mass is 35.5. The van der Waals surface area contributed by atoms with Gasteiger partial charge in [-0.25, -0.2) is 13.8 Å². The lowest BCUT2D eigenvalue weighted by atomic mass is 10.2. The molecule has 16 heavy (non-hydrogen) atoms. The summed E-state index contributed by atoms with van der Waals surface area (Å²) < 4.78 is 61.4. The van der Waals surface area contributed by atoms with Gasteiger partial charge in [0.15, 0.2) is 12.0 Å². The van der Waals surface area contributed by atoms with Crippen LogP contribution in [0.15, 0.2) is 6.07 Å². The first-order valence-corrected chi connectivity index (χ1v) is 4.16. The molecule has 0 amide bonds. The normalized spacial score (nSPS) is 11.9. The van der Waals surface area contributed by atoms with Crippen molar-refractivity contribution in [3.8, 4) is 0 Å². The third-order valence-corrected chi connectivity index (χ3v) is 1.94. The smallest absolute Gasteiger partial charge is 0.298 e. The van der Waals surface area contributed by atoms with Gasteiger partial charge >= 0.3 is 6.18 Å². The third-order valence-electron chi connectivity index (χ3n) is 1.63. The molecular weight excluding hydrogens is 257 g/mol. The zero-order valence-electron chi connectivity index (χ0n) is 7.36. The first-order chi connectivity index (χ1) is 7.27. The molecule has 0 radical (unpaired) electrons. The Labute approximate surface area is 91.0 Å². The van der Waals surface area contributed by atoms with Crippen molar-refractivity contribution in [2.75, 3.05) is 0 Å². The molecule has 0 aliphatic carbocycles. The quantitative estimate of drug-likeness (QED) is 0.601. The van der Waals surface area contributed by atoms with E-state index in [0.29, 0.717) is 6.07 Å². The second-order valence-corrected chi connectivity index (χ2v) is 3.12. The predicted molar refractivity (Wildman–Crippen MR) is 44.6 cm³/mol. The van der Waals surface area contributed by atoms with Crippen LogP contribution >= 0.6 is 11.6 Å². The van der Waals surface area contributed by atoms with Crippen LogP contribution in [0.3, 0.4) is 0 Å². The third kappa shape index (κ3) is 2.46. The van der Waals surface area contributed by atoms with Crippen molar-refractivity contribution in [3.63, 3.8) is 0 Å². The van der Waals surface area contributed by atoms with Gasteiger partial charge in [-0.05, 0) is 6.07 Å². The minimum absolute atomic E-state index is 0.142. The zero-order chi connectivity index (χ0) is 12.5. The number of alkyl halides is 5. The molecule has 0 saturated heterocycles. The molecule has 1 heterocycles. The Hall–Kier alpha value is -1.24. The van der Waals surface area contributed by atoms with E-state index in [1.165, 1.54) is 0 Å². The Morgan fingerprint density at radius 3 is 2.31 bits per heavy atom. The molecule has 1 rings (SSSR count). The number of halogens is 6. The van der Waals surface area contributed by atoms with Crippen molar-refractivity contribution in [1.29, 1.82) is 0 Å². The van der Waals surface area contributed by atoms with Gasteiger partial charge in [-0.1, -0.05) is 11.6 Å². The number of rotatable bonds is 2. The maximum absolute atomic E-state index is 12.3. The van der Waals surface area contributed by atoms with Crippen molar-refractivity contribution < 1.29 is 26.7 Å². The zero-order valence-corrected chi connectivity index (χ0v) is 8.11. The largest absolute Gasteiger partial charge is 0.434 e. The molecule has 0 unspecified atom stereocenters. The summed E-state index contributed by atoms with van der Waals surface area (Å²) in [5.74, 6) is 0. The molecule has 0 aromatic carbocycles. The SMILES string of the molecule is O=Cc1cc(Cl)c(C(F)F)nc1C(F)(F)F. The fraction of sp³-hybridized carbons (Fsp3) is 0.250. The van der Waals surface area contributed by atoms with Crippen LogP contribution in [0, 0.1) is 0 Å². The van der Waals surface area contributed by atoms with Crippen molar-refractivity contribution in [2.45, 2.75) is 12.6 Å². The summed E-state index contributed by atoms with van der Waals surface area (Å²) in [6.07, 6.45) is -8.36. The second kappa shape index (κ2) is 4.32. The highest BCUT2D eigenvalue weighted by Gasteiger charge is 2.37. The van der Waals surface area contributed by atoms with E-state index >= 15 is 0 Å². The highest BCUT2D eigenvalue weighted by molar-refractivity contribution is 6.31. The molecule has 0 bridgehead atoms. The Kier molecular flexibility index (Phi) is 3.47. The van der Waals surface area contributed by atoms with E-state index < -0.39 is 34.6 Å². The summed E-state index contributed by atoms with van der Waals surface area (Å²) in [6.45, 7) is 0. The number of nitrogens with zero attached hydrogens (tertiary/aromatic N) is 1. The van der Waals surface area contributed by atoms with E-state index in [1.807, 2.05) is 0 Å². The van der Waals surface area contributed by atoms with Crippen LogP contribution in [0.2, 0.25) is 5.02 Å². The summed E-state index contributed by atoms with van der Waals surface area (Å²) in [6, 6.07) is 0.520. The molecular formula is C8H3ClF5NO. The molecule has 0 saturated carbocycles. The number of hydrogen-bond donors (Lipinski definition) is 0. The van der Waals surface area contributed by atoms with Crippen LogP contribution in [0.4, 0.5) is 22.0 Å². The van der Waals surface area contributed by atoms with E-state index in [0.717, 1.165) is 0 Å². The molecule has 88 valence electrons. The summed E-state index contributed by atoms with van der Waals surface area (Å²) in [4.78, 5) is 13.0. The van der Waals surface area contributed by atoms with Crippen molar-refractivity contribution in [3.05, 3.63) is 28.0 Å². The van der Waals surface area contributed by atoms with E-state index in [1.54, 1.807) is 0 Å². The fourth-order valence-corrected chi connectivity index (χ4v) is 1.23. The van der Waals surface area contributed by atoms with Gasteiger partial charge in [-0.2, -0.15) is 13.2 Å². The fourth-order valence-electron chi connectivity index (χ4n) is 0.987. The Bertz CT molecular complexity index is 418. The van der Waals surface area contributed by atoms with Crippen LogP contribution in [0.1, 0.15) is 28.2 Å². The minimum atomic E-state index is -4.98. The minimum Gasteiger partial charge on any atom is -0.298 e. The Morgan fingerprint density at radius 2 is 1.94 bits per heavy atom. The topological polar surface area (TPSA) is 30.0 Å².